The van der Waals surface area contributed by atoms with Gasteiger partial charge in [-0.1, -0.05) is 72.8 Å². The molecule has 1 aliphatic rings. The van der Waals surface area contributed by atoms with Crippen LogP contribution in [0.5, 0.6) is 11.5 Å². The van der Waals surface area contributed by atoms with Gasteiger partial charge in [0.25, 0.3) is 0 Å². The second-order valence-electron chi connectivity index (χ2n) is 10.6. The summed E-state index contributed by atoms with van der Waals surface area (Å²) in [5.41, 5.74) is 9.58. The third-order valence-electron chi connectivity index (χ3n) is 8.37. The van der Waals surface area contributed by atoms with Gasteiger partial charge in [-0.2, -0.15) is 0 Å². The Morgan fingerprint density at radius 2 is 0.750 bits per heavy atom. The molecule has 3 heterocycles. The summed E-state index contributed by atoms with van der Waals surface area (Å²) in [4.78, 5) is 0. The van der Waals surface area contributed by atoms with Crippen molar-refractivity contribution in [2.24, 2.45) is 0 Å². The van der Waals surface area contributed by atoms with Crippen molar-refractivity contribution >= 4 is 43.6 Å². The molecule has 3 nitrogen and oxygen atoms in total. The van der Waals surface area contributed by atoms with Crippen LogP contribution in [0.3, 0.4) is 0 Å². The fourth-order valence-electron chi connectivity index (χ4n) is 6.61. The smallest absolute Gasteiger partial charge is 0.131 e. The Labute approximate surface area is 231 Å². The van der Waals surface area contributed by atoms with Crippen LogP contribution < -0.4 is 4.74 Å². The van der Waals surface area contributed by atoms with E-state index >= 15 is 0 Å². The molecule has 0 N–H and O–H groups in total. The lowest BCUT2D eigenvalue weighted by molar-refractivity contribution is 0.460. The van der Waals surface area contributed by atoms with Gasteiger partial charge in [-0.25, -0.2) is 0 Å². The Morgan fingerprint density at radius 1 is 0.400 bits per heavy atom. The Hall–Kier alpha value is -5.28. The van der Waals surface area contributed by atoms with Crippen molar-refractivity contribution in [3.05, 3.63) is 145 Å². The van der Waals surface area contributed by atoms with E-state index in [0.29, 0.717) is 0 Å². The van der Waals surface area contributed by atoms with E-state index in [1.165, 1.54) is 54.7 Å². The van der Waals surface area contributed by atoms with Crippen molar-refractivity contribution in [1.29, 1.82) is 0 Å². The van der Waals surface area contributed by atoms with Crippen LogP contribution in [-0.4, -0.2) is 9.13 Å². The van der Waals surface area contributed by atoms with Crippen molar-refractivity contribution in [1.82, 2.24) is 9.13 Å². The van der Waals surface area contributed by atoms with E-state index in [1.54, 1.807) is 0 Å². The number of para-hydroxylation sites is 4. The molecule has 0 aliphatic carbocycles. The highest BCUT2D eigenvalue weighted by atomic mass is 16.5. The second-order valence-corrected chi connectivity index (χ2v) is 10.6. The first kappa shape index (κ1) is 21.6. The van der Waals surface area contributed by atoms with Crippen LogP contribution in [0.25, 0.3) is 55.0 Å². The number of hydrogen-bond donors (Lipinski definition) is 0. The molecule has 9 rings (SSSR count). The van der Waals surface area contributed by atoms with Crippen molar-refractivity contribution < 1.29 is 4.74 Å². The van der Waals surface area contributed by atoms with Crippen LogP contribution in [0.2, 0.25) is 0 Å². The first-order valence-electron chi connectivity index (χ1n) is 13.7. The van der Waals surface area contributed by atoms with Gasteiger partial charge in [-0.15, -0.1) is 0 Å². The van der Waals surface area contributed by atoms with Gasteiger partial charge >= 0.3 is 0 Å². The van der Waals surface area contributed by atoms with E-state index in [4.69, 9.17) is 4.74 Å². The quantitative estimate of drug-likeness (QED) is 0.226. The summed E-state index contributed by atoms with van der Waals surface area (Å²) < 4.78 is 11.2. The molecule has 40 heavy (non-hydrogen) atoms. The molecule has 0 amide bonds. The number of nitrogens with zero attached hydrogens (tertiary/aromatic N) is 2. The SMILES string of the molecule is c1ccc2c(c1)c1ccccc1n2-c1ccc2c(c1)Cc1cc(-n3c4ccccc4c4ccccc43)ccc1O2. The number of ether oxygens (including phenoxy) is 1. The molecule has 2 aromatic heterocycles. The molecule has 8 aromatic rings. The van der Waals surface area contributed by atoms with Gasteiger partial charge in [-0.05, 0) is 60.7 Å². The Balaban J connectivity index is 1.18. The summed E-state index contributed by atoms with van der Waals surface area (Å²) in [6.45, 7) is 0. The summed E-state index contributed by atoms with van der Waals surface area (Å²) in [6.07, 6.45) is 0.820. The summed E-state index contributed by atoms with van der Waals surface area (Å²) in [7, 11) is 0. The van der Waals surface area contributed by atoms with Gasteiger partial charge in [0.1, 0.15) is 11.5 Å². The largest absolute Gasteiger partial charge is 0.457 e. The highest BCUT2D eigenvalue weighted by Gasteiger charge is 2.21. The average Bonchev–Trinajstić information content (AvgIpc) is 3.53. The monoisotopic (exact) mass is 512 g/mol. The first-order chi connectivity index (χ1) is 19.8. The lowest BCUT2D eigenvalue weighted by atomic mass is 9.99. The number of benzene rings is 6. The van der Waals surface area contributed by atoms with Gasteiger partial charge in [0.2, 0.25) is 0 Å². The molecule has 0 atom stereocenters. The summed E-state index contributed by atoms with van der Waals surface area (Å²) in [6, 6.07) is 47.8. The van der Waals surface area contributed by atoms with Crippen LogP contribution in [0.1, 0.15) is 11.1 Å². The van der Waals surface area contributed by atoms with Crippen molar-refractivity contribution in [2.75, 3.05) is 0 Å². The van der Waals surface area contributed by atoms with Gasteiger partial charge in [0, 0.05) is 50.5 Å². The van der Waals surface area contributed by atoms with Crippen LogP contribution in [0.4, 0.5) is 0 Å². The zero-order valence-electron chi connectivity index (χ0n) is 21.7. The topological polar surface area (TPSA) is 19.1 Å². The molecule has 0 unspecified atom stereocenters. The van der Waals surface area contributed by atoms with E-state index < -0.39 is 0 Å². The molecule has 0 bridgehead atoms. The zero-order chi connectivity index (χ0) is 26.2. The Kier molecular flexibility index (Phi) is 4.39. The Morgan fingerprint density at radius 3 is 1.12 bits per heavy atom. The highest BCUT2D eigenvalue weighted by molar-refractivity contribution is 6.10. The first-order valence-corrected chi connectivity index (χ1v) is 13.7. The molecule has 3 heteroatoms. The van der Waals surface area contributed by atoms with E-state index in [1.807, 2.05) is 0 Å². The Bertz CT molecular complexity index is 2020. The molecule has 6 aromatic carbocycles. The van der Waals surface area contributed by atoms with Crippen LogP contribution in [0, 0.1) is 0 Å². The third-order valence-corrected chi connectivity index (χ3v) is 8.37. The molecule has 0 radical (unpaired) electrons. The van der Waals surface area contributed by atoms with Gasteiger partial charge in [0.05, 0.1) is 22.1 Å². The van der Waals surface area contributed by atoms with Gasteiger partial charge in [-0.3, -0.25) is 0 Å². The minimum Gasteiger partial charge on any atom is -0.457 e. The van der Waals surface area contributed by atoms with Crippen LogP contribution in [-0.2, 0) is 6.42 Å². The lowest BCUT2D eigenvalue weighted by Crippen LogP contribution is -2.06. The normalized spacial score (nSPS) is 12.6. The summed E-state index contributed by atoms with van der Waals surface area (Å²) >= 11 is 0. The van der Waals surface area contributed by atoms with Gasteiger partial charge in [0.15, 0.2) is 0 Å². The molecular weight excluding hydrogens is 488 g/mol. The van der Waals surface area contributed by atoms with Crippen molar-refractivity contribution in [3.8, 4) is 22.9 Å². The van der Waals surface area contributed by atoms with Crippen LogP contribution >= 0.6 is 0 Å². The van der Waals surface area contributed by atoms with E-state index in [9.17, 15) is 0 Å². The predicted octanol–water partition coefficient (Wildman–Crippen LogP) is 9.58. The molecular formula is C37H24N2O. The average molecular weight is 513 g/mol. The maximum atomic E-state index is 6.45. The fourth-order valence-corrected chi connectivity index (χ4v) is 6.61. The fraction of sp³-hybridized carbons (Fsp3) is 0.0270. The lowest BCUT2D eigenvalue weighted by Gasteiger charge is -2.22. The maximum absolute atomic E-state index is 6.45. The molecule has 188 valence electrons. The van der Waals surface area contributed by atoms with Crippen LogP contribution in [0.15, 0.2) is 133 Å². The van der Waals surface area contributed by atoms with E-state index in [2.05, 4.69) is 143 Å². The van der Waals surface area contributed by atoms with E-state index in [0.717, 1.165) is 29.3 Å². The molecule has 0 saturated carbocycles. The number of aromatic nitrogens is 2. The highest BCUT2D eigenvalue weighted by Crippen LogP contribution is 2.41. The molecule has 0 saturated heterocycles. The molecule has 0 spiro atoms. The third kappa shape index (κ3) is 3.00. The minimum atomic E-state index is 0.820. The van der Waals surface area contributed by atoms with Gasteiger partial charge < -0.3 is 13.9 Å². The molecule has 0 fully saturated rings. The predicted molar refractivity (Wildman–Crippen MR) is 164 cm³/mol. The summed E-state index contributed by atoms with van der Waals surface area (Å²) in [5, 5.41) is 5.09. The number of fused-ring (bicyclic) bond motifs is 8. The number of rotatable bonds is 2. The molecule has 1 aliphatic heterocycles. The maximum Gasteiger partial charge on any atom is 0.131 e. The zero-order valence-corrected chi connectivity index (χ0v) is 21.7. The van der Waals surface area contributed by atoms with E-state index in [-0.39, 0.29) is 0 Å². The van der Waals surface area contributed by atoms with Crippen molar-refractivity contribution in [2.45, 2.75) is 6.42 Å². The number of hydrogen-bond acceptors (Lipinski definition) is 1. The second kappa shape index (κ2) is 8.11. The summed E-state index contributed by atoms with van der Waals surface area (Å²) in [5.74, 6) is 1.86. The van der Waals surface area contributed by atoms with Crippen molar-refractivity contribution in [3.63, 3.8) is 0 Å². The minimum absolute atomic E-state index is 0.820. The standard InChI is InChI=1S/C37H24N2O/c1-5-13-32-28(9-1)29-10-2-6-14-33(29)38(32)26-17-19-36-24(22-26)21-25-23-27(18-20-37(25)40-36)39-34-15-7-3-11-30(34)31-12-4-8-16-35(31)39/h1-20,22-23H,21H2.